The second-order valence-electron chi connectivity index (χ2n) is 6.37. The molecule has 2 heterocycles. The smallest absolute Gasteiger partial charge is 0.260 e. The van der Waals surface area contributed by atoms with Crippen LogP contribution < -0.4 is 4.74 Å². The maximum Gasteiger partial charge on any atom is 0.260 e. The SMILES string of the molecule is C[C@@H]1C[C@@H](C)CN(C(=O)COc2ncnc3ccc(Br)cc23)C1. The van der Waals surface area contributed by atoms with Gasteiger partial charge in [0.25, 0.3) is 5.91 Å². The highest BCUT2D eigenvalue weighted by atomic mass is 79.9. The number of aromatic nitrogens is 2. The zero-order valence-corrected chi connectivity index (χ0v) is 14.9. The molecule has 3 rings (SSSR count). The molecule has 0 saturated carbocycles. The molecule has 2 atom stereocenters. The van der Waals surface area contributed by atoms with Gasteiger partial charge in [0.15, 0.2) is 6.61 Å². The lowest BCUT2D eigenvalue weighted by Crippen LogP contribution is -2.44. The van der Waals surface area contributed by atoms with Crippen molar-refractivity contribution in [1.29, 1.82) is 0 Å². The molecule has 0 unspecified atom stereocenters. The maximum atomic E-state index is 12.4. The zero-order valence-electron chi connectivity index (χ0n) is 13.3. The van der Waals surface area contributed by atoms with Gasteiger partial charge in [0, 0.05) is 17.6 Å². The molecule has 0 spiro atoms. The van der Waals surface area contributed by atoms with Gasteiger partial charge < -0.3 is 9.64 Å². The predicted molar refractivity (Wildman–Crippen MR) is 92.3 cm³/mol. The molecule has 1 saturated heterocycles. The van der Waals surface area contributed by atoms with E-state index in [4.69, 9.17) is 4.74 Å². The summed E-state index contributed by atoms with van der Waals surface area (Å²) in [6.45, 7) is 6.00. The molecule has 1 fully saturated rings. The molecular weight excluding hydrogens is 358 g/mol. The number of benzene rings is 1. The van der Waals surface area contributed by atoms with Gasteiger partial charge in [0.05, 0.1) is 10.9 Å². The fraction of sp³-hybridized carbons (Fsp3) is 0.471. The molecule has 0 bridgehead atoms. The Kier molecular flexibility index (Phi) is 4.80. The molecule has 1 aromatic carbocycles. The number of rotatable bonds is 3. The largest absolute Gasteiger partial charge is 0.467 e. The minimum absolute atomic E-state index is 0.0120. The molecule has 0 N–H and O–H groups in total. The Morgan fingerprint density at radius 3 is 2.78 bits per heavy atom. The normalized spacial score (nSPS) is 21.4. The van der Waals surface area contributed by atoms with Gasteiger partial charge in [0.1, 0.15) is 6.33 Å². The van der Waals surface area contributed by atoms with Crippen molar-refractivity contribution in [3.05, 3.63) is 29.0 Å². The number of likely N-dealkylation sites (tertiary alicyclic amines) is 1. The molecule has 1 amide bonds. The Labute approximate surface area is 144 Å². The van der Waals surface area contributed by atoms with Crippen LogP contribution in [0, 0.1) is 11.8 Å². The number of carbonyl (C=O) groups excluding carboxylic acids is 1. The minimum Gasteiger partial charge on any atom is -0.467 e. The number of amides is 1. The summed E-state index contributed by atoms with van der Waals surface area (Å²) in [6.07, 6.45) is 2.64. The first-order chi connectivity index (χ1) is 11.0. The van der Waals surface area contributed by atoms with Gasteiger partial charge in [-0.05, 0) is 36.5 Å². The van der Waals surface area contributed by atoms with Gasteiger partial charge >= 0.3 is 0 Å². The second-order valence-corrected chi connectivity index (χ2v) is 7.29. The average molecular weight is 378 g/mol. The number of hydrogen-bond donors (Lipinski definition) is 0. The number of piperidine rings is 1. The van der Waals surface area contributed by atoms with Gasteiger partial charge in [-0.1, -0.05) is 29.8 Å². The number of fused-ring (bicyclic) bond motifs is 1. The van der Waals surface area contributed by atoms with Crippen molar-refractivity contribution in [2.24, 2.45) is 11.8 Å². The minimum atomic E-state index is 0.0120. The third-order valence-electron chi connectivity index (χ3n) is 4.11. The predicted octanol–water partition coefficient (Wildman–Crippen LogP) is 3.28. The molecule has 1 aromatic heterocycles. The van der Waals surface area contributed by atoms with Gasteiger partial charge in [-0.15, -0.1) is 0 Å². The first-order valence-electron chi connectivity index (χ1n) is 7.83. The van der Waals surface area contributed by atoms with E-state index in [-0.39, 0.29) is 12.5 Å². The number of nitrogens with zero attached hydrogens (tertiary/aromatic N) is 3. The molecule has 1 aliphatic heterocycles. The molecule has 5 nitrogen and oxygen atoms in total. The van der Waals surface area contributed by atoms with Crippen LogP contribution in [0.4, 0.5) is 0 Å². The lowest BCUT2D eigenvalue weighted by atomic mass is 9.92. The van der Waals surface area contributed by atoms with Crippen molar-refractivity contribution in [2.45, 2.75) is 20.3 Å². The van der Waals surface area contributed by atoms with Crippen molar-refractivity contribution in [2.75, 3.05) is 19.7 Å². The number of ether oxygens (including phenoxy) is 1. The van der Waals surface area contributed by atoms with E-state index in [0.717, 1.165) is 28.5 Å². The Morgan fingerprint density at radius 1 is 1.30 bits per heavy atom. The number of hydrogen-bond acceptors (Lipinski definition) is 4. The summed E-state index contributed by atoms with van der Waals surface area (Å²) < 4.78 is 6.62. The first-order valence-corrected chi connectivity index (χ1v) is 8.63. The van der Waals surface area contributed by atoms with E-state index >= 15 is 0 Å². The van der Waals surface area contributed by atoms with Crippen LogP contribution in [0.2, 0.25) is 0 Å². The molecule has 23 heavy (non-hydrogen) atoms. The lowest BCUT2D eigenvalue weighted by Gasteiger charge is -2.34. The Hall–Kier alpha value is -1.69. The van der Waals surface area contributed by atoms with Crippen molar-refractivity contribution in [1.82, 2.24) is 14.9 Å². The van der Waals surface area contributed by atoms with Gasteiger partial charge in [0.2, 0.25) is 5.88 Å². The Bertz CT molecular complexity index is 712. The van der Waals surface area contributed by atoms with Gasteiger partial charge in [-0.2, -0.15) is 0 Å². The van der Waals surface area contributed by atoms with E-state index < -0.39 is 0 Å². The van der Waals surface area contributed by atoms with E-state index in [9.17, 15) is 4.79 Å². The van der Waals surface area contributed by atoms with Crippen molar-refractivity contribution >= 4 is 32.7 Å². The third kappa shape index (κ3) is 3.80. The van der Waals surface area contributed by atoms with E-state index in [0.29, 0.717) is 17.7 Å². The third-order valence-corrected chi connectivity index (χ3v) is 4.61. The summed E-state index contributed by atoms with van der Waals surface area (Å²) in [5, 5.41) is 0.801. The van der Waals surface area contributed by atoms with E-state index in [1.165, 1.54) is 12.7 Å². The van der Waals surface area contributed by atoms with Crippen molar-refractivity contribution in [3.63, 3.8) is 0 Å². The van der Waals surface area contributed by atoms with Crippen LogP contribution >= 0.6 is 15.9 Å². The zero-order chi connectivity index (χ0) is 16.4. The van der Waals surface area contributed by atoms with E-state index in [2.05, 4.69) is 39.7 Å². The summed E-state index contributed by atoms with van der Waals surface area (Å²) in [5.41, 5.74) is 0.797. The maximum absolute atomic E-state index is 12.4. The molecule has 6 heteroatoms. The topological polar surface area (TPSA) is 55.3 Å². The van der Waals surface area contributed by atoms with Crippen molar-refractivity contribution < 1.29 is 9.53 Å². The first kappa shape index (κ1) is 16.2. The molecule has 1 aliphatic rings. The van der Waals surface area contributed by atoms with E-state index in [1.807, 2.05) is 23.1 Å². The Balaban J connectivity index is 1.71. The van der Waals surface area contributed by atoms with Crippen LogP contribution in [0.3, 0.4) is 0 Å². The molecule has 2 aromatic rings. The molecule has 0 aliphatic carbocycles. The van der Waals surface area contributed by atoms with Crippen LogP contribution in [0.1, 0.15) is 20.3 Å². The standard InChI is InChI=1S/C17H20BrN3O2/c1-11-5-12(2)8-21(7-11)16(22)9-23-17-14-6-13(18)3-4-15(14)19-10-20-17/h3-4,6,10-12H,5,7-9H2,1-2H3/t11-,12-/m1/s1. The number of carbonyl (C=O) groups is 1. The number of halogens is 1. The summed E-state index contributed by atoms with van der Waals surface area (Å²) in [6, 6.07) is 5.71. The summed E-state index contributed by atoms with van der Waals surface area (Å²) >= 11 is 3.44. The second kappa shape index (κ2) is 6.83. The fourth-order valence-corrected chi connectivity index (χ4v) is 3.57. The highest BCUT2D eigenvalue weighted by Gasteiger charge is 2.25. The molecule has 0 radical (unpaired) electrons. The van der Waals surface area contributed by atoms with Crippen LogP contribution in [0.25, 0.3) is 10.9 Å². The fourth-order valence-electron chi connectivity index (χ4n) is 3.21. The average Bonchev–Trinajstić information content (AvgIpc) is 2.51. The summed E-state index contributed by atoms with van der Waals surface area (Å²) in [5.74, 6) is 1.55. The van der Waals surface area contributed by atoms with Crippen LogP contribution in [0.15, 0.2) is 29.0 Å². The van der Waals surface area contributed by atoms with Crippen molar-refractivity contribution in [3.8, 4) is 5.88 Å². The van der Waals surface area contributed by atoms with Gasteiger partial charge in [-0.25, -0.2) is 9.97 Å². The quantitative estimate of drug-likeness (QED) is 0.823. The summed E-state index contributed by atoms with van der Waals surface area (Å²) in [7, 11) is 0. The lowest BCUT2D eigenvalue weighted by molar-refractivity contribution is -0.136. The highest BCUT2D eigenvalue weighted by molar-refractivity contribution is 9.10. The summed E-state index contributed by atoms with van der Waals surface area (Å²) in [4.78, 5) is 22.7. The van der Waals surface area contributed by atoms with Crippen LogP contribution in [-0.2, 0) is 4.79 Å². The van der Waals surface area contributed by atoms with E-state index in [1.54, 1.807) is 0 Å². The molecule has 122 valence electrons. The monoisotopic (exact) mass is 377 g/mol. The molecular formula is C17H20BrN3O2. The van der Waals surface area contributed by atoms with Gasteiger partial charge in [-0.3, -0.25) is 4.79 Å². The van der Waals surface area contributed by atoms with Crippen LogP contribution in [0.5, 0.6) is 5.88 Å². The highest BCUT2D eigenvalue weighted by Crippen LogP contribution is 2.25. The Morgan fingerprint density at radius 2 is 2.04 bits per heavy atom. The van der Waals surface area contributed by atoms with Crippen LogP contribution in [-0.4, -0.2) is 40.5 Å².